The van der Waals surface area contributed by atoms with Gasteiger partial charge in [0, 0.05) is 16.7 Å². The highest BCUT2D eigenvalue weighted by Gasteiger charge is 2.48. The SMILES string of the molecule is CCCSC(CC)C(O)CCC(C)c1cc(O)c2c(c1)OC(C)(C)C1CCC(C(=O)O)CC21. The molecule has 33 heavy (non-hydrogen) atoms. The van der Waals surface area contributed by atoms with Gasteiger partial charge in [0.15, 0.2) is 0 Å². The van der Waals surface area contributed by atoms with E-state index in [0.717, 1.165) is 49.0 Å². The van der Waals surface area contributed by atoms with E-state index in [9.17, 15) is 20.1 Å². The number of aromatic hydroxyl groups is 1. The standard InChI is InChI=1S/C27H42O5S/c1-6-12-33-24(7-2)21(28)11-8-16(3)18-14-22(29)25-19-13-17(26(30)31)9-10-20(19)27(4,5)32-23(25)15-18/h14-17,19-21,24,28-29H,6-13H2,1-5H3,(H,30,31). The van der Waals surface area contributed by atoms with Crippen molar-refractivity contribution < 1.29 is 24.9 Å². The molecule has 1 fully saturated rings. The monoisotopic (exact) mass is 478 g/mol. The Morgan fingerprint density at radius 3 is 2.61 bits per heavy atom. The molecule has 0 spiro atoms. The summed E-state index contributed by atoms with van der Waals surface area (Å²) in [4.78, 5) is 11.7. The summed E-state index contributed by atoms with van der Waals surface area (Å²) in [6.07, 6.45) is 5.30. The average molecular weight is 479 g/mol. The fourth-order valence-corrected chi connectivity index (χ4v) is 6.96. The lowest BCUT2D eigenvalue weighted by Gasteiger charge is -2.48. The summed E-state index contributed by atoms with van der Waals surface area (Å²) in [5.41, 5.74) is 1.38. The minimum absolute atomic E-state index is 0.00863. The average Bonchev–Trinajstić information content (AvgIpc) is 2.76. The van der Waals surface area contributed by atoms with Crippen LogP contribution in [-0.2, 0) is 4.79 Å². The Morgan fingerprint density at radius 2 is 1.97 bits per heavy atom. The van der Waals surface area contributed by atoms with Crippen molar-refractivity contribution in [1.29, 1.82) is 0 Å². The van der Waals surface area contributed by atoms with E-state index in [-0.39, 0.29) is 40.8 Å². The molecule has 1 heterocycles. The number of aliphatic carboxylic acids is 1. The van der Waals surface area contributed by atoms with Crippen LogP contribution in [0.3, 0.4) is 0 Å². The largest absolute Gasteiger partial charge is 0.508 e. The molecule has 1 aromatic carbocycles. The Kier molecular flexibility index (Phi) is 8.66. The molecular formula is C27H42O5S. The van der Waals surface area contributed by atoms with E-state index >= 15 is 0 Å². The van der Waals surface area contributed by atoms with Gasteiger partial charge in [-0.05, 0) is 94.1 Å². The third-order valence-corrected chi connectivity index (χ3v) is 9.53. The number of ether oxygens (including phenoxy) is 1. The second kappa shape index (κ2) is 10.9. The van der Waals surface area contributed by atoms with E-state index < -0.39 is 11.6 Å². The van der Waals surface area contributed by atoms with Crippen molar-refractivity contribution in [3.05, 3.63) is 23.3 Å². The number of hydrogen-bond donors (Lipinski definition) is 3. The number of carboxylic acids is 1. The summed E-state index contributed by atoms with van der Waals surface area (Å²) >= 11 is 1.86. The Labute approximate surface area is 203 Å². The Balaban J connectivity index is 1.78. The predicted molar refractivity (Wildman–Crippen MR) is 135 cm³/mol. The molecule has 1 aliphatic carbocycles. The van der Waals surface area contributed by atoms with Gasteiger partial charge in [-0.3, -0.25) is 4.79 Å². The van der Waals surface area contributed by atoms with E-state index in [1.807, 2.05) is 23.9 Å². The van der Waals surface area contributed by atoms with Gasteiger partial charge < -0.3 is 20.1 Å². The summed E-state index contributed by atoms with van der Waals surface area (Å²) in [7, 11) is 0. The van der Waals surface area contributed by atoms with E-state index in [1.165, 1.54) is 0 Å². The van der Waals surface area contributed by atoms with Crippen molar-refractivity contribution in [3.8, 4) is 11.5 Å². The fourth-order valence-electron chi connectivity index (χ4n) is 5.82. The Bertz CT molecular complexity index is 823. The summed E-state index contributed by atoms with van der Waals surface area (Å²) < 4.78 is 6.42. The summed E-state index contributed by atoms with van der Waals surface area (Å²) in [5, 5.41) is 31.6. The molecule has 0 radical (unpaired) electrons. The molecule has 5 nitrogen and oxygen atoms in total. The van der Waals surface area contributed by atoms with E-state index in [1.54, 1.807) is 0 Å². The molecule has 6 atom stereocenters. The number of aliphatic hydroxyl groups is 1. The Morgan fingerprint density at radius 1 is 1.24 bits per heavy atom. The van der Waals surface area contributed by atoms with E-state index in [4.69, 9.17) is 4.74 Å². The van der Waals surface area contributed by atoms with Gasteiger partial charge in [0.05, 0.1) is 12.0 Å². The van der Waals surface area contributed by atoms with Crippen molar-refractivity contribution >= 4 is 17.7 Å². The van der Waals surface area contributed by atoms with Gasteiger partial charge in [-0.1, -0.05) is 20.8 Å². The van der Waals surface area contributed by atoms with Crippen LogP contribution >= 0.6 is 11.8 Å². The van der Waals surface area contributed by atoms with Crippen LogP contribution in [-0.4, -0.2) is 44.0 Å². The number of carbonyl (C=O) groups is 1. The first-order valence-corrected chi connectivity index (χ1v) is 13.7. The van der Waals surface area contributed by atoms with Crippen LogP contribution in [0, 0.1) is 11.8 Å². The maximum Gasteiger partial charge on any atom is 0.306 e. The highest BCUT2D eigenvalue weighted by molar-refractivity contribution is 7.99. The topological polar surface area (TPSA) is 87.0 Å². The maximum atomic E-state index is 11.7. The van der Waals surface area contributed by atoms with Crippen molar-refractivity contribution in [1.82, 2.24) is 0 Å². The number of aliphatic hydroxyl groups excluding tert-OH is 1. The number of rotatable bonds is 10. The quantitative estimate of drug-likeness (QED) is 0.365. The number of fused-ring (bicyclic) bond motifs is 3. The first-order chi connectivity index (χ1) is 15.6. The van der Waals surface area contributed by atoms with Crippen molar-refractivity contribution in [2.45, 2.75) is 108 Å². The lowest BCUT2D eigenvalue weighted by Crippen LogP contribution is -2.47. The third kappa shape index (κ3) is 5.82. The predicted octanol–water partition coefficient (Wildman–Crippen LogP) is 6.31. The number of benzene rings is 1. The van der Waals surface area contributed by atoms with Gasteiger partial charge in [-0.15, -0.1) is 0 Å². The summed E-state index contributed by atoms with van der Waals surface area (Å²) in [5.74, 6) is 1.22. The van der Waals surface area contributed by atoms with Crippen molar-refractivity contribution in [3.63, 3.8) is 0 Å². The van der Waals surface area contributed by atoms with Crippen LogP contribution in [0.2, 0.25) is 0 Å². The molecule has 3 rings (SSSR count). The van der Waals surface area contributed by atoms with E-state index in [0.29, 0.717) is 18.6 Å². The number of phenolic OH excluding ortho intramolecular Hbond substituents is 1. The first-order valence-electron chi connectivity index (χ1n) is 12.7. The molecular weight excluding hydrogens is 436 g/mol. The van der Waals surface area contributed by atoms with Gasteiger partial charge in [0.25, 0.3) is 0 Å². The second-order valence-corrected chi connectivity index (χ2v) is 11.9. The van der Waals surface area contributed by atoms with Gasteiger partial charge in [-0.25, -0.2) is 0 Å². The zero-order valence-electron chi connectivity index (χ0n) is 20.8. The van der Waals surface area contributed by atoms with Crippen LogP contribution in [0.25, 0.3) is 0 Å². The molecule has 3 N–H and O–H groups in total. The summed E-state index contributed by atoms with van der Waals surface area (Å²) in [6.45, 7) is 10.6. The van der Waals surface area contributed by atoms with Crippen LogP contribution in [0.15, 0.2) is 12.1 Å². The minimum Gasteiger partial charge on any atom is -0.508 e. The summed E-state index contributed by atoms with van der Waals surface area (Å²) in [6, 6.07) is 3.87. The number of carboxylic acid groups (broad SMARTS) is 1. The number of thioether (sulfide) groups is 1. The second-order valence-electron chi connectivity index (χ2n) is 10.6. The molecule has 0 aromatic heterocycles. The normalized spacial score (nSPS) is 26.4. The van der Waals surface area contributed by atoms with Crippen LogP contribution in [0.1, 0.15) is 103 Å². The van der Waals surface area contributed by atoms with E-state index in [2.05, 4.69) is 34.6 Å². The molecule has 186 valence electrons. The zero-order valence-corrected chi connectivity index (χ0v) is 21.7. The molecule has 0 bridgehead atoms. The molecule has 2 aliphatic rings. The lowest BCUT2D eigenvalue weighted by molar-refractivity contribution is -0.144. The molecule has 6 heteroatoms. The minimum atomic E-state index is -0.745. The van der Waals surface area contributed by atoms with Crippen molar-refractivity contribution in [2.75, 3.05) is 5.75 Å². The molecule has 1 aliphatic heterocycles. The molecule has 1 aromatic rings. The smallest absolute Gasteiger partial charge is 0.306 e. The van der Waals surface area contributed by atoms with Gasteiger partial charge in [-0.2, -0.15) is 11.8 Å². The van der Waals surface area contributed by atoms with Gasteiger partial charge in [0.2, 0.25) is 0 Å². The third-order valence-electron chi connectivity index (χ3n) is 7.81. The highest BCUT2D eigenvalue weighted by atomic mass is 32.2. The van der Waals surface area contributed by atoms with Gasteiger partial charge in [0.1, 0.15) is 17.1 Å². The van der Waals surface area contributed by atoms with Crippen LogP contribution in [0.5, 0.6) is 11.5 Å². The maximum absolute atomic E-state index is 11.7. The lowest BCUT2D eigenvalue weighted by atomic mass is 9.63. The highest BCUT2D eigenvalue weighted by Crippen LogP contribution is 2.55. The molecule has 0 amide bonds. The molecule has 0 saturated heterocycles. The number of phenols is 1. The fraction of sp³-hybridized carbons (Fsp3) is 0.741. The number of hydrogen-bond acceptors (Lipinski definition) is 5. The zero-order chi connectivity index (χ0) is 24.3. The Hall–Kier alpha value is -1.40. The van der Waals surface area contributed by atoms with Crippen LogP contribution < -0.4 is 4.74 Å². The first kappa shape index (κ1) is 26.2. The van der Waals surface area contributed by atoms with Gasteiger partial charge >= 0.3 is 5.97 Å². The van der Waals surface area contributed by atoms with Crippen LogP contribution in [0.4, 0.5) is 0 Å². The molecule has 6 unspecified atom stereocenters. The van der Waals surface area contributed by atoms with Crippen molar-refractivity contribution in [2.24, 2.45) is 11.8 Å². The molecule has 1 saturated carbocycles.